The second-order valence-electron chi connectivity index (χ2n) is 1.85. The second kappa shape index (κ2) is 5.56. The van der Waals surface area contributed by atoms with E-state index in [1.54, 1.807) is 7.05 Å². The second-order valence-corrected chi connectivity index (χ2v) is 1.85. The maximum absolute atomic E-state index is 10.5. The van der Waals surface area contributed by atoms with Crippen LogP contribution in [0.1, 0.15) is 19.3 Å². The number of nitrogens with one attached hydrogen (secondary N) is 1. The fourth-order valence-electron chi connectivity index (χ4n) is 0.522. The minimum absolute atomic E-state index is 0.0449. The lowest BCUT2D eigenvalue weighted by molar-refractivity contribution is -0.120. The monoisotopic (exact) mass is 131 g/mol. The molecule has 0 aromatic heterocycles. The summed E-state index contributed by atoms with van der Waals surface area (Å²) in [4.78, 5) is 10.5. The smallest absolute Gasteiger partial charge is 0.219 e. The largest absolute Gasteiger partial charge is 0.396 e. The van der Waals surface area contributed by atoms with Crippen molar-refractivity contribution in [2.45, 2.75) is 19.3 Å². The molecule has 0 fully saturated rings. The van der Waals surface area contributed by atoms with Crippen molar-refractivity contribution >= 4 is 5.91 Å². The van der Waals surface area contributed by atoms with Crippen LogP contribution in [-0.2, 0) is 4.79 Å². The lowest BCUT2D eigenvalue weighted by Crippen LogP contribution is -2.16. The predicted molar refractivity (Wildman–Crippen MR) is 35.0 cm³/mol. The van der Waals surface area contributed by atoms with Crippen molar-refractivity contribution in [3.63, 3.8) is 0 Å². The van der Waals surface area contributed by atoms with Crippen LogP contribution in [0.15, 0.2) is 0 Å². The Balaban J connectivity index is 2.97. The number of aliphatic hydroxyl groups excluding tert-OH is 1. The summed E-state index contributed by atoms with van der Waals surface area (Å²) in [5.41, 5.74) is 0. The Morgan fingerprint density at radius 2 is 2.22 bits per heavy atom. The van der Waals surface area contributed by atoms with Crippen molar-refractivity contribution in [1.29, 1.82) is 0 Å². The van der Waals surface area contributed by atoms with Gasteiger partial charge in [-0.25, -0.2) is 0 Å². The fraction of sp³-hybridized carbons (Fsp3) is 0.833. The Bertz CT molecular complexity index is 83.1. The number of aliphatic hydroxyl groups is 1. The number of unbranched alkanes of at least 4 members (excludes halogenated alkanes) is 1. The number of hydrogen-bond donors (Lipinski definition) is 2. The Kier molecular flexibility index (Phi) is 5.21. The first kappa shape index (κ1) is 8.43. The third kappa shape index (κ3) is 5.30. The van der Waals surface area contributed by atoms with Crippen LogP contribution in [-0.4, -0.2) is 24.7 Å². The Morgan fingerprint density at radius 3 is 2.67 bits per heavy atom. The van der Waals surface area contributed by atoms with Gasteiger partial charge in [-0.1, -0.05) is 0 Å². The molecule has 0 aromatic rings. The Morgan fingerprint density at radius 1 is 1.56 bits per heavy atom. The maximum atomic E-state index is 10.5. The summed E-state index contributed by atoms with van der Waals surface area (Å²) >= 11 is 0. The zero-order valence-electron chi connectivity index (χ0n) is 5.68. The van der Waals surface area contributed by atoms with Gasteiger partial charge in [0.2, 0.25) is 5.91 Å². The van der Waals surface area contributed by atoms with Gasteiger partial charge in [0.15, 0.2) is 0 Å². The van der Waals surface area contributed by atoms with E-state index in [0.29, 0.717) is 12.8 Å². The van der Waals surface area contributed by atoms with Crippen LogP contribution in [0, 0.1) is 0 Å². The summed E-state index contributed by atoms with van der Waals surface area (Å²) in [6.07, 6.45) is 2.01. The van der Waals surface area contributed by atoms with Gasteiger partial charge >= 0.3 is 0 Å². The minimum atomic E-state index is 0.0449. The molecule has 0 aliphatic rings. The molecule has 3 nitrogen and oxygen atoms in total. The van der Waals surface area contributed by atoms with E-state index in [-0.39, 0.29) is 12.5 Å². The van der Waals surface area contributed by atoms with Crippen LogP contribution in [0.3, 0.4) is 0 Å². The molecule has 0 spiro atoms. The molecule has 0 bridgehead atoms. The van der Waals surface area contributed by atoms with Gasteiger partial charge in [-0.2, -0.15) is 0 Å². The summed E-state index contributed by atoms with van der Waals surface area (Å²) in [7, 11) is 1.61. The highest BCUT2D eigenvalue weighted by molar-refractivity contribution is 5.75. The third-order valence-electron chi connectivity index (χ3n) is 1.09. The molecule has 3 heteroatoms. The van der Waals surface area contributed by atoms with Crippen molar-refractivity contribution < 1.29 is 9.90 Å². The number of amides is 1. The predicted octanol–water partition coefficient (Wildman–Crippen LogP) is -0.105. The molecule has 0 radical (unpaired) electrons. The molecule has 0 aromatic carbocycles. The van der Waals surface area contributed by atoms with Gasteiger partial charge < -0.3 is 10.4 Å². The molecule has 9 heavy (non-hydrogen) atoms. The topological polar surface area (TPSA) is 49.3 Å². The Hall–Kier alpha value is -0.570. The van der Waals surface area contributed by atoms with E-state index in [4.69, 9.17) is 5.11 Å². The van der Waals surface area contributed by atoms with E-state index in [9.17, 15) is 4.79 Å². The normalized spacial score (nSPS) is 9.11. The van der Waals surface area contributed by atoms with Gasteiger partial charge in [0.05, 0.1) is 0 Å². The minimum Gasteiger partial charge on any atom is -0.396 e. The number of hydrogen-bond acceptors (Lipinski definition) is 2. The van der Waals surface area contributed by atoms with Gasteiger partial charge in [0.1, 0.15) is 0 Å². The first-order chi connectivity index (χ1) is 4.31. The molecule has 0 saturated carbocycles. The molecule has 1 amide bonds. The Labute approximate surface area is 55.1 Å². The van der Waals surface area contributed by atoms with E-state index in [1.807, 2.05) is 0 Å². The number of carbonyl (C=O) groups excluding carboxylic acids is 1. The molecule has 0 unspecified atom stereocenters. The lowest BCUT2D eigenvalue weighted by atomic mass is 10.2. The maximum Gasteiger partial charge on any atom is 0.219 e. The van der Waals surface area contributed by atoms with Crippen molar-refractivity contribution in [2.75, 3.05) is 13.7 Å². The van der Waals surface area contributed by atoms with Crippen LogP contribution in [0.25, 0.3) is 0 Å². The molecule has 0 aliphatic carbocycles. The van der Waals surface area contributed by atoms with Gasteiger partial charge in [0.25, 0.3) is 0 Å². The van der Waals surface area contributed by atoms with Crippen LogP contribution >= 0.6 is 0 Å². The zero-order valence-corrected chi connectivity index (χ0v) is 5.68. The summed E-state index contributed by atoms with van der Waals surface area (Å²) in [6, 6.07) is 0. The lowest BCUT2D eigenvalue weighted by Gasteiger charge is -1.95. The fourth-order valence-corrected chi connectivity index (χ4v) is 0.522. The number of carbonyl (C=O) groups is 1. The highest BCUT2D eigenvalue weighted by atomic mass is 16.2. The summed E-state index contributed by atoms with van der Waals surface area (Å²) in [6.45, 7) is 0.178. The quantitative estimate of drug-likeness (QED) is 0.523. The van der Waals surface area contributed by atoms with E-state index in [2.05, 4.69) is 5.32 Å². The van der Waals surface area contributed by atoms with E-state index in [1.165, 1.54) is 0 Å². The standard InChI is InChI=1S/C6H13NO2/c1-7-6(9)4-2-3-5-8/h8H,2-5H2,1H3,(H,7,9). The summed E-state index contributed by atoms with van der Waals surface area (Å²) in [5, 5.41) is 10.8. The SMILES string of the molecule is CNC(=O)CCCCO. The van der Waals surface area contributed by atoms with Crippen molar-refractivity contribution in [3.8, 4) is 0 Å². The van der Waals surface area contributed by atoms with E-state index >= 15 is 0 Å². The average Bonchev–Trinajstić information content (AvgIpc) is 1.89. The first-order valence-corrected chi connectivity index (χ1v) is 3.12. The molecule has 54 valence electrons. The summed E-state index contributed by atoms with van der Waals surface area (Å²) < 4.78 is 0. The highest BCUT2D eigenvalue weighted by Gasteiger charge is 1.94. The van der Waals surface area contributed by atoms with Gasteiger partial charge in [-0.3, -0.25) is 4.79 Å². The van der Waals surface area contributed by atoms with Gasteiger partial charge in [0, 0.05) is 20.1 Å². The molecular weight excluding hydrogens is 118 g/mol. The third-order valence-corrected chi connectivity index (χ3v) is 1.09. The molecule has 0 heterocycles. The zero-order chi connectivity index (χ0) is 7.11. The molecule has 0 rings (SSSR count). The van der Waals surface area contributed by atoms with Crippen molar-refractivity contribution in [1.82, 2.24) is 5.32 Å². The van der Waals surface area contributed by atoms with Crippen molar-refractivity contribution in [2.24, 2.45) is 0 Å². The van der Waals surface area contributed by atoms with Gasteiger partial charge in [-0.05, 0) is 12.8 Å². The van der Waals surface area contributed by atoms with Crippen LogP contribution in [0.5, 0.6) is 0 Å². The molecule has 0 aliphatic heterocycles. The van der Waals surface area contributed by atoms with Gasteiger partial charge in [-0.15, -0.1) is 0 Å². The number of rotatable bonds is 4. The van der Waals surface area contributed by atoms with Crippen LogP contribution in [0.2, 0.25) is 0 Å². The molecule has 0 atom stereocenters. The molecule has 2 N–H and O–H groups in total. The first-order valence-electron chi connectivity index (χ1n) is 3.12. The average molecular weight is 131 g/mol. The van der Waals surface area contributed by atoms with E-state index < -0.39 is 0 Å². The molecular formula is C6H13NO2. The summed E-state index contributed by atoms with van der Waals surface area (Å²) in [5.74, 6) is 0.0449. The van der Waals surface area contributed by atoms with Crippen LogP contribution in [0.4, 0.5) is 0 Å². The highest BCUT2D eigenvalue weighted by Crippen LogP contribution is 1.92. The van der Waals surface area contributed by atoms with Crippen molar-refractivity contribution in [3.05, 3.63) is 0 Å². The van der Waals surface area contributed by atoms with E-state index in [0.717, 1.165) is 6.42 Å². The van der Waals surface area contributed by atoms with Crippen LogP contribution < -0.4 is 5.32 Å². The molecule has 0 saturated heterocycles.